The summed E-state index contributed by atoms with van der Waals surface area (Å²) < 4.78 is 1.83. The Morgan fingerprint density at radius 2 is 1.59 bits per heavy atom. The number of aryl methyl sites for hydroxylation is 1. The van der Waals surface area contributed by atoms with Crippen LogP contribution in [0.4, 0.5) is 0 Å². The second-order valence-corrected chi connectivity index (χ2v) is 5.17. The van der Waals surface area contributed by atoms with E-state index in [1.165, 1.54) is 12.1 Å². The Balaban J connectivity index is 1.88. The van der Waals surface area contributed by atoms with Gasteiger partial charge in [0.05, 0.1) is 16.7 Å². The number of hydroxylamine groups is 2. The van der Waals surface area contributed by atoms with Crippen LogP contribution >= 0.6 is 0 Å². The maximum absolute atomic E-state index is 12.2. The van der Waals surface area contributed by atoms with Gasteiger partial charge in [0.15, 0.2) is 0 Å². The highest BCUT2D eigenvalue weighted by Crippen LogP contribution is 2.24. The fourth-order valence-electron chi connectivity index (χ4n) is 2.44. The summed E-state index contributed by atoms with van der Waals surface area (Å²) in [5, 5.41) is 0.523. The van der Waals surface area contributed by atoms with Crippen molar-refractivity contribution in [3.05, 3.63) is 58.4 Å². The van der Waals surface area contributed by atoms with E-state index in [1.807, 2.05) is 18.5 Å². The second-order valence-electron chi connectivity index (χ2n) is 5.17. The standard InChI is InChI=1S/C16H14N2O4/c1-9-8-13(10(2)17(9)3)16(21)22-18-14(19)11-6-4-5-7-12(11)15(18)20/h4-8H,1-3H3. The predicted molar refractivity (Wildman–Crippen MR) is 77.2 cm³/mol. The molecule has 0 unspecified atom stereocenters. The number of nitrogens with zero attached hydrogens (tertiary/aromatic N) is 2. The molecular weight excluding hydrogens is 284 g/mol. The lowest BCUT2D eigenvalue weighted by Crippen LogP contribution is -2.32. The van der Waals surface area contributed by atoms with E-state index in [2.05, 4.69) is 0 Å². The van der Waals surface area contributed by atoms with Crippen molar-refractivity contribution in [3.63, 3.8) is 0 Å². The average Bonchev–Trinajstić information content (AvgIpc) is 2.91. The Labute approximate surface area is 126 Å². The van der Waals surface area contributed by atoms with E-state index in [-0.39, 0.29) is 11.1 Å². The maximum atomic E-state index is 12.2. The second kappa shape index (κ2) is 4.84. The van der Waals surface area contributed by atoms with Crippen LogP contribution in [0.1, 0.15) is 42.5 Å². The van der Waals surface area contributed by atoms with Gasteiger partial charge in [0, 0.05) is 18.4 Å². The average molecular weight is 298 g/mol. The van der Waals surface area contributed by atoms with Gasteiger partial charge >= 0.3 is 5.97 Å². The van der Waals surface area contributed by atoms with Gasteiger partial charge in [0.25, 0.3) is 11.8 Å². The van der Waals surface area contributed by atoms with E-state index in [0.29, 0.717) is 16.3 Å². The van der Waals surface area contributed by atoms with E-state index < -0.39 is 17.8 Å². The molecule has 2 heterocycles. The molecular formula is C16H14N2O4. The molecule has 112 valence electrons. The summed E-state index contributed by atoms with van der Waals surface area (Å²) in [7, 11) is 1.82. The third kappa shape index (κ3) is 1.92. The molecule has 22 heavy (non-hydrogen) atoms. The molecule has 6 nitrogen and oxygen atoms in total. The zero-order valence-electron chi connectivity index (χ0n) is 12.4. The first-order chi connectivity index (χ1) is 10.4. The quantitative estimate of drug-likeness (QED) is 0.795. The van der Waals surface area contributed by atoms with Crippen molar-refractivity contribution in [2.45, 2.75) is 13.8 Å². The first kappa shape index (κ1) is 14.1. The van der Waals surface area contributed by atoms with Gasteiger partial charge in [-0.15, -0.1) is 0 Å². The lowest BCUT2D eigenvalue weighted by atomic mass is 10.1. The minimum absolute atomic E-state index is 0.237. The van der Waals surface area contributed by atoms with Crippen molar-refractivity contribution in [2.24, 2.45) is 7.05 Å². The molecule has 0 atom stereocenters. The summed E-state index contributed by atoms with van der Waals surface area (Å²) in [6.07, 6.45) is 0. The molecule has 0 bridgehead atoms. The number of carbonyl (C=O) groups excluding carboxylic acids is 3. The van der Waals surface area contributed by atoms with Crippen LogP contribution in [-0.2, 0) is 11.9 Å². The molecule has 0 spiro atoms. The first-order valence-electron chi connectivity index (χ1n) is 6.75. The topological polar surface area (TPSA) is 68.6 Å². The molecule has 0 N–H and O–H groups in total. The van der Waals surface area contributed by atoms with E-state index in [4.69, 9.17) is 4.84 Å². The van der Waals surface area contributed by atoms with Crippen molar-refractivity contribution in [3.8, 4) is 0 Å². The molecule has 0 fully saturated rings. The van der Waals surface area contributed by atoms with Crippen molar-refractivity contribution in [2.75, 3.05) is 0 Å². The molecule has 0 radical (unpaired) electrons. The molecule has 3 rings (SSSR count). The highest BCUT2D eigenvalue weighted by Gasteiger charge is 2.39. The van der Waals surface area contributed by atoms with Crippen LogP contribution in [0, 0.1) is 13.8 Å². The van der Waals surface area contributed by atoms with E-state index in [0.717, 1.165) is 5.69 Å². The first-order valence-corrected chi connectivity index (χ1v) is 6.75. The highest BCUT2D eigenvalue weighted by atomic mass is 16.7. The van der Waals surface area contributed by atoms with Gasteiger partial charge in [-0.1, -0.05) is 17.2 Å². The predicted octanol–water partition coefficient (Wildman–Crippen LogP) is 2.01. The van der Waals surface area contributed by atoms with Gasteiger partial charge in [0.1, 0.15) is 0 Å². The Morgan fingerprint density at radius 1 is 1.05 bits per heavy atom. The fourth-order valence-corrected chi connectivity index (χ4v) is 2.44. The van der Waals surface area contributed by atoms with Crippen molar-refractivity contribution in [1.82, 2.24) is 9.63 Å². The summed E-state index contributed by atoms with van der Waals surface area (Å²) in [4.78, 5) is 41.6. The number of aromatic nitrogens is 1. The molecule has 0 saturated carbocycles. The Hall–Kier alpha value is -2.89. The Bertz CT molecular complexity index is 785. The van der Waals surface area contributed by atoms with E-state index in [1.54, 1.807) is 25.1 Å². The lowest BCUT2D eigenvalue weighted by Gasteiger charge is -2.12. The number of hydrogen-bond donors (Lipinski definition) is 0. The Kier molecular flexibility index (Phi) is 3.09. The molecule has 0 aliphatic carbocycles. The molecule has 1 aromatic carbocycles. The van der Waals surface area contributed by atoms with Crippen molar-refractivity contribution < 1.29 is 19.2 Å². The number of imide groups is 1. The van der Waals surface area contributed by atoms with Gasteiger partial charge in [0.2, 0.25) is 0 Å². The van der Waals surface area contributed by atoms with Gasteiger partial charge in [-0.05, 0) is 32.0 Å². The normalized spacial score (nSPS) is 13.5. The van der Waals surface area contributed by atoms with Crippen LogP contribution in [0.3, 0.4) is 0 Å². The minimum Gasteiger partial charge on any atom is -0.351 e. The summed E-state index contributed by atoms with van der Waals surface area (Å²) in [6.45, 7) is 3.62. The number of benzene rings is 1. The van der Waals surface area contributed by atoms with Gasteiger partial charge in [-0.2, -0.15) is 0 Å². The highest BCUT2D eigenvalue weighted by molar-refractivity contribution is 6.21. The zero-order chi connectivity index (χ0) is 16.0. The van der Waals surface area contributed by atoms with Gasteiger partial charge < -0.3 is 9.40 Å². The largest absolute Gasteiger partial charge is 0.365 e. The molecule has 2 amide bonds. The number of fused-ring (bicyclic) bond motifs is 1. The van der Waals surface area contributed by atoms with Crippen molar-refractivity contribution >= 4 is 17.8 Å². The van der Waals surface area contributed by atoms with Gasteiger partial charge in [-0.25, -0.2) is 4.79 Å². The number of hydrogen-bond acceptors (Lipinski definition) is 4. The van der Waals surface area contributed by atoms with Crippen LogP contribution in [0.15, 0.2) is 30.3 Å². The summed E-state index contributed by atoms with van der Waals surface area (Å²) >= 11 is 0. The van der Waals surface area contributed by atoms with Crippen LogP contribution in [0.25, 0.3) is 0 Å². The van der Waals surface area contributed by atoms with Crippen LogP contribution in [0.2, 0.25) is 0 Å². The van der Waals surface area contributed by atoms with Crippen LogP contribution in [-0.4, -0.2) is 27.4 Å². The van der Waals surface area contributed by atoms with E-state index in [9.17, 15) is 14.4 Å². The van der Waals surface area contributed by atoms with Crippen molar-refractivity contribution in [1.29, 1.82) is 0 Å². The third-order valence-electron chi connectivity index (χ3n) is 3.93. The molecule has 6 heteroatoms. The molecule has 0 saturated heterocycles. The maximum Gasteiger partial charge on any atom is 0.365 e. The third-order valence-corrected chi connectivity index (χ3v) is 3.93. The number of carbonyl (C=O) groups is 3. The summed E-state index contributed by atoms with van der Waals surface area (Å²) in [6, 6.07) is 8.03. The fraction of sp³-hybridized carbons (Fsp3) is 0.188. The zero-order valence-corrected chi connectivity index (χ0v) is 12.4. The molecule has 1 aliphatic rings. The molecule has 2 aromatic rings. The monoisotopic (exact) mass is 298 g/mol. The number of rotatable bonds is 2. The Morgan fingerprint density at radius 3 is 2.05 bits per heavy atom. The summed E-state index contributed by atoms with van der Waals surface area (Å²) in [5.41, 5.74) is 2.39. The van der Waals surface area contributed by atoms with E-state index >= 15 is 0 Å². The summed E-state index contributed by atoms with van der Waals surface area (Å²) in [5.74, 6) is -1.98. The van der Waals surface area contributed by atoms with Crippen LogP contribution < -0.4 is 0 Å². The SMILES string of the molecule is Cc1cc(C(=O)ON2C(=O)c3ccccc3C2=O)c(C)n1C. The number of amides is 2. The smallest absolute Gasteiger partial charge is 0.351 e. The van der Waals surface area contributed by atoms with Crippen LogP contribution in [0.5, 0.6) is 0 Å². The molecule has 1 aromatic heterocycles. The van der Waals surface area contributed by atoms with Gasteiger partial charge in [-0.3, -0.25) is 9.59 Å². The minimum atomic E-state index is -0.726. The lowest BCUT2D eigenvalue weighted by molar-refractivity contribution is -0.0585. The molecule has 1 aliphatic heterocycles.